The molecule has 1 aromatic heterocycles. The summed E-state index contributed by atoms with van der Waals surface area (Å²) in [5, 5.41) is 16.6. The minimum absolute atomic E-state index is 0.120. The Hall–Kier alpha value is -1.83. The van der Waals surface area contributed by atoms with Gasteiger partial charge in [-0.15, -0.1) is 11.3 Å². The van der Waals surface area contributed by atoms with E-state index in [9.17, 15) is 18.7 Å². The van der Waals surface area contributed by atoms with Crippen molar-refractivity contribution in [2.24, 2.45) is 5.92 Å². The van der Waals surface area contributed by atoms with Gasteiger partial charge in [0.1, 0.15) is 0 Å². The molecular formula is C23H28F2N2O2S. The number of likely N-dealkylation sites (tertiary alicyclic amines) is 1. The summed E-state index contributed by atoms with van der Waals surface area (Å²) in [5.74, 6) is -4.23. The summed E-state index contributed by atoms with van der Waals surface area (Å²) in [6, 6.07) is 12.6. The van der Waals surface area contributed by atoms with Crippen LogP contribution >= 0.6 is 11.3 Å². The summed E-state index contributed by atoms with van der Waals surface area (Å²) >= 11 is 1.67. The molecule has 0 spiro atoms. The van der Waals surface area contributed by atoms with Crippen molar-refractivity contribution < 1.29 is 18.7 Å². The molecule has 2 aliphatic rings. The fourth-order valence-electron chi connectivity index (χ4n) is 4.76. The van der Waals surface area contributed by atoms with Gasteiger partial charge in [0.2, 0.25) is 5.92 Å². The van der Waals surface area contributed by atoms with Crippen LogP contribution in [-0.4, -0.2) is 34.5 Å². The van der Waals surface area contributed by atoms with Gasteiger partial charge in [-0.3, -0.25) is 9.69 Å². The molecular weight excluding hydrogens is 406 g/mol. The molecule has 1 unspecified atom stereocenters. The number of halogens is 2. The van der Waals surface area contributed by atoms with Crippen LogP contribution in [0.5, 0.6) is 0 Å². The third-order valence-corrected chi connectivity index (χ3v) is 7.27. The average molecular weight is 435 g/mol. The predicted octanol–water partition coefficient (Wildman–Crippen LogP) is 4.50. The van der Waals surface area contributed by atoms with E-state index in [0.717, 1.165) is 32.4 Å². The van der Waals surface area contributed by atoms with Crippen molar-refractivity contribution in [3.05, 3.63) is 58.3 Å². The molecule has 1 amide bonds. The van der Waals surface area contributed by atoms with Crippen LogP contribution < -0.4 is 5.32 Å². The third-order valence-electron chi connectivity index (χ3n) is 6.40. The van der Waals surface area contributed by atoms with Gasteiger partial charge in [0.25, 0.3) is 5.91 Å². The minimum Gasteiger partial charge on any atom is -0.375 e. The summed E-state index contributed by atoms with van der Waals surface area (Å²) in [4.78, 5) is 16.9. The van der Waals surface area contributed by atoms with Gasteiger partial charge in [-0.2, -0.15) is 0 Å². The van der Waals surface area contributed by atoms with Gasteiger partial charge in [-0.1, -0.05) is 36.4 Å². The van der Waals surface area contributed by atoms with Crippen molar-refractivity contribution in [1.29, 1.82) is 0 Å². The van der Waals surface area contributed by atoms with E-state index in [0.29, 0.717) is 5.56 Å². The van der Waals surface area contributed by atoms with Gasteiger partial charge in [0.15, 0.2) is 5.60 Å². The molecule has 2 fully saturated rings. The van der Waals surface area contributed by atoms with E-state index in [4.69, 9.17) is 0 Å². The second-order valence-corrected chi connectivity index (χ2v) is 9.50. The monoisotopic (exact) mass is 434 g/mol. The fraction of sp³-hybridized carbons (Fsp3) is 0.522. The zero-order valence-electron chi connectivity index (χ0n) is 16.9. The van der Waals surface area contributed by atoms with Crippen LogP contribution in [0.4, 0.5) is 8.78 Å². The molecule has 4 rings (SSSR count). The first-order chi connectivity index (χ1) is 14.4. The van der Waals surface area contributed by atoms with Gasteiger partial charge in [-0.05, 0) is 42.7 Å². The summed E-state index contributed by atoms with van der Waals surface area (Å²) < 4.78 is 28.0. The number of benzene rings is 1. The lowest BCUT2D eigenvalue weighted by atomic mass is 9.79. The number of rotatable bonds is 6. The Bertz CT molecular complexity index is 846. The number of nitrogens with zero attached hydrogens (tertiary/aromatic N) is 1. The average Bonchev–Trinajstić information content (AvgIpc) is 3.38. The normalized spacial score (nSPS) is 26.2. The zero-order chi connectivity index (χ0) is 21.2. The quantitative estimate of drug-likeness (QED) is 0.704. The molecule has 4 nitrogen and oxygen atoms in total. The molecule has 3 atom stereocenters. The lowest BCUT2D eigenvalue weighted by Crippen LogP contribution is -2.57. The molecule has 1 aromatic carbocycles. The van der Waals surface area contributed by atoms with Crippen LogP contribution in [0.1, 0.15) is 49.0 Å². The van der Waals surface area contributed by atoms with E-state index in [1.807, 2.05) is 11.4 Å². The Labute approximate surface area is 179 Å². The molecule has 2 aromatic rings. The van der Waals surface area contributed by atoms with E-state index in [2.05, 4.69) is 16.3 Å². The number of hydrogen-bond acceptors (Lipinski definition) is 4. The highest BCUT2D eigenvalue weighted by Gasteiger charge is 2.53. The maximum atomic E-state index is 14.0. The summed E-state index contributed by atoms with van der Waals surface area (Å²) in [7, 11) is 0. The van der Waals surface area contributed by atoms with Crippen LogP contribution in [0.25, 0.3) is 0 Å². The highest BCUT2D eigenvalue weighted by Crippen LogP contribution is 2.47. The number of aliphatic hydroxyl groups is 1. The van der Waals surface area contributed by atoms with Crippen molar-refractivity contribution in [1.82, 2.24) is 10.2 Å². The van der Waals surface area contributed by atoms with Gasteiger partial charge in [-0.25, -0.2) is 8.78 Å². The molecule has 30 heavy (non-hydrogen) atoms. The van der Waals surface area contributed by atoms with Crippen molar-refractivity contribution in [3.63, 3.8) is 0 Å². The number of carbonyl (C=O) groups excluding carboxylic acids is 1. The number of amides is 1. The molecule has 0 radical (unpaired) electrons. The number of alkyl halides is 2. The van der Waals surface area contributed by atoms with Gasteiger partial charge in [0, 0.05) is 36.7 Å². The first kappa shape index (κ1) is 21.4. The second kappa shape index (κ2) is 8.73. The van der Waals surface area contributed by atoms with E-state index < -0.39 is 29.8 Å². The van der Waals surface area contributed by atoms with Crippen LogP contribution in [0.2, 0.25) is 0 Å². The maximum absolute atomic E-state index is 14.0. The fourth-order valence-corrected chi connectivity index (χ4v) is 5.49. The molecule has 0 bridgehead atoms. The summed E-state index contributed by atoms with van der Waals surface area (Å²) in [5.41, 5.74) is -1.58. The van der Waals surface area contributed by atoms with Crippen LogP contribution in [0.15, 0.2) is 47.8 Å². The zero-order valence-corrected chi connectivity index (χ0v) is 17.7. The SMILES string of the molecule is O=C(NC1CCCCN1Cc1cccs1)[C@](O)(c1ccccc1)[C@@H]1CCC(F)(F)C1. The number of nitrogens with one attached hydrogen (secondary N) is 1. The Balaban J connectivity index is 1.57. The van der Waals surface area contributed by atoms with E-state index in [-0.39, 0.29) is 19.0 Å². The standard InChI is InChI=1S/C23H28F2N2O2S/c24-22(25)12-11-18(15-22)23(29,17-7-2-1-3-8-17)21(28)26-20-10-4-5-13-27(20)16-19-9-6-14-30-19/h1-3,6-9,14,18,20,29H,4-5,10-13,15-16H2,(H,26,28)/t18-,20?,23+/m1/s1. The summed E-state index contributed by atoms with van der Waals surface area (Å²) in [6.45, 7) is 1.59. The van der Waals surface area contributed by atoms with Crippen LogP contribution in [0, 0.1) is 5.92 Å². The molecule has 1 saturated carbocycles. The van der Waals surface area contributed by atoms with Crippen LogP contribution in [0.3, 0.4) is 0 Å². The lowest BCUT2D eigenvalue weighted by Gasteiger charge is -2.39. The van der Waals surface area contributed by atoms with Crippen molar-refractivity contribution in [2.45, 2.75) is 62.8 Å². The first-order valence-corrected chi connectivity index (χ1v) is 11.5. The number of piperidine rings is 1. The Morgan fingerprint density at radius 2 is 2.00 bits per heavy atom. The predicted molar refractivity (Wildman–Crippen MR) is 113 cm³/mol. The molecule has 2 heterocycles. The number of carbonyl (C=O) groups is 1. The Morgan fingerprint density at radius 3 is 2.67 bits per heavy atom. The molecule has 1 aliphatic heterocycles. The minimum atomic E-state index is -2.84. The topological polar surface area (TPSA) is 52.6 Å². The Kier molecular flexibility index (Phi) is 6.23. The molecule has 1 aliphatic carbocycles. The number of hydrogen-bond donors (Lipinski definition) is 2. The lowest BCUT2D eigenvalue weighted by molar-refractivity contribution is -0.151. The highest BCUT2D eigenvalue weighted by molar-refractivity contribution is 7.09. The summed E-state index contributed by atoms with van der Waals surface area (Å²) in [6.07, 6.45) is 1.94. The van der Waals surface area contributed by atoms with E-state index in [1.54, 1.807) is 41.7 Å². The van der Waals surface area contributed by atoms with Crippen molar-refractivity contribution in [2.75, 3.05) is 6.54 Å². The smallest absolute Gasteiger partial charge is 0.258 e. The molecule has 162 valence electrons. The molecule has 7 heteroatoms. The Morgan fingerprint density at radius 1 is 1.20 bits per heavy atom. The van der Waals surface area contributed by atoms with Gasteiger partial charge >= 0.3 is 0 Å². The van der Waals surface area contributed by atoms with E-state index in [1.165, 1.54) is 4.88 Å². The third kappa shape index (κ3) is 4.43. The molecule has 2 N–H and O–H groups in total. The van der Waals surface area contributed by atoms with Crippen molar-refractivity contribution in [3.8, 4) is 0 Å². The van der Waals surface area contributed by atoms with Crippen LogP contribution in [-0.2, 0) is 16.9 Å². The highest BCUT2D eigenvalue weighted by atomic mass is 32.1. The maximum Gasteiger partial charge on any atom is 0.258 e. The largest absolute Gasteiger partial charge is 0.375 e. The molecule has 1 saturated heterocycles. The van der Waals surface area contributed by atoms with Gasteiger partial charge < -0.3 is 10.4 Å². The van der Waals surface area contributed by atoms with Crippen molar-refractivity contribution >= 4 is 17.2 Å². The van der Waals surface area contributed by atoms with E-state index >= 15 is 0 Å². The number of thiophene rings is 1. The van der Waals surface area contributed by atoms with Gasteiger partial charge in [0.05, 0.1) is 6.17 Å². The first-order valence-electron chi connectivity index (χ1n) is 10.6. The second-order valence-electron chi connectivity index (χ2n) is 8.46.